The Morgan fingerprint density at radius 2 is 2.00 bits per heavy atom. The second-order valence-corrected chi connectivity index (χ2v) is 7.30. The van der Waals surface area contributed by atoms with Crippen molar-refractivity contribution >= 4 is 17.4 Å². The average Bonchev–Trinajstić information content (AvgIpc) is 3.17. The number of hydrogen-bond acceptors (Lipinski definition) is 5. The summed E-state index contributed by atoms with van der Waals surface area (Å²) in [5.41, 5.74) is 7.25. The summed E-state index contributed by atoms with van der Waals surface area (Å²) in [6.07, 6.45) is 4.56. The van der Waals surface area contributed by atoms with Crippen molar-refractivity contribution in [1.82, 2.24) is 14.9 Å². The molecule has 0 unspecified atom stereocenters. The van der Waals surface area contributed by atoms with Crippen LogP contribution in [0.25, 0.3) is 0 Å². The highest BCUT2D eigenvalue weighted by atomic mass is 16.2. The number of amidine groups is 1. The predicted molar refractivity (Wildman–Crippen MR) is 113 cm³/mol. The number of hydrogen-bond donors (Lipinski definition) is 4. The lowest BCUT2D eigenvalue weighted by Gasteiger charge is -2.18. The van der Waals surface area contributed by atoms with Crippen LogP contribution in [0.4, 0.5) is 5.69 Å². The Morgan fingerprint density at radius 3 is 2.62 bits per heavy atom. The maximum Gasteiger partial charge on any atom is 0.277 e. The SMILES string of the molecule is CCC(CC)Nc1cnc2n(c1=O)[C@H](C(=O)NCc1ccc(C(=N)N)cc1)CC2. The first-order chi connectivity index (χ1) is 13.9. The summed E-state index contributed by atoms with van der Waals surface area (Å²) in [5, 5.41) is 13.6. The van der Waals surface area contributed by atoms with Gasteiger partial charge in [0.25, 0.3) is 5.56 Å². The molecule has 0 saturated carbocycles. The van der Waals surface area contributed by atoms with Crippen molar-refractivity contribution in [2.75, 3.05) is 5.32 Å². The van der Waals surface area contributed by atoms with E-state index in [0.29, 0.717) is 36.5 Å². The van der Waals surface area contributed by atoms with E-state index in [-0.39, 0.29) is 23.3 Å². The van der Waals surface area contributed by atoms with E-state index >= 15 is 0 Å². The molecule has 0 aliphatic carbocycles. The Morgan fingerprint density at radius 1 is 1.31 bits per heavy atom. The van der Waals surface area contributed by atoms with Crippen LogP contribution in [-0.4, -0.2) is 27.3 Å². The van der Waals surface area contributed by atoms with E-state index in [1.54, 1.807) is 18.3 Å². The van der Waals surface area contributed by atoms with Gasteiger partial charge in [0.2, 0.25) is 5.91 Å². The van der Waals surface area contributed by atoms with Gasteiger partial charge in [0.15, 0.2) is 0 Å². The number of aryl methyl sites for hydroxylation is 1. The van der Waals surface area contributed by atoms with Crippen molar-refractivity contribution < 1.29 is 4.79 Å². The van der Waals surface area contributed by atoms with Crippen molar-refractivity contribution in [2.45, 2.75) is 58.2 Å². The van der Waals surface area contributed by atoms with Crippen molar-refractivity contribution in [2.24, 2.45) is 5.73 Å². The van der Waals surface area contributed by atoms with Crippen LogP contribution in [0.15, 0.2) is 35.3 Å². The molecule has 1 aromatic carbocycles. The maximum atomic E-state index is 13.0. The summed E-state index contributed by atoms with van der Waals surface area (Å²) in [6.45, 7) is 4.48. The number of nitrogens with zero attached hydrogens (tertiary/aromatic N) is 2. The predicted octanol–water partition coefficient (Wildman–Crippen LogP) is 1.93. The lowest BCUT2D eigenvalue weighted by atomic mass is 10.1. The molecular weight excluding hydrogens is 368 g/mol. The largest absolute Gasteiger partial charge is 0.384 e. The lowest BCUT2D eigenvalue weighted by Crippen LogP contribution is -2.37. The smallest absolute Gasteiger partial charge is 0.277 e. The molecule has 1 atom stereocenters. The summed E-state index contributed by atoms with van der Waals surface area (Å²) in [5.74, 6) is 0.465. The van der Waals surface area contributed by atoms with Crippen molar-refractivity contribution in [3.05, 3.63) is 57.8 Å². The number of nitrogens with two attached hydrogens (primary N) is 1. The van der Waals surface area contributed by atoms with Gasteiger partial charge >= 0.3 is 0 Å². The molecular formula is C21H28N6O2. The van der Waals surface area contributed by atoms with Crippen LogP contribution >= 0.6 is 0 Å². The van der Waals surface area contributed by atoms with Gasteiger partial charge in [-0.05, 0) is 24.8 Å². The minimum atomic E-state index is -0.551. The fraction of sp³-hybridized carbons (Fsp3) is 0.429. The quantitative estimate of drug-likeness (QED) is 0.401. The van der Waals surface area contributed by atoms with E-state index < -0.39 is 6.04 Å². The Hall–Kier alpha value is -3.16. The lowest BCUT2D eigenvalue weighted by molar-refractivity contribution is -0.124. The number of amides is 1. The number of anilines is 1. The van der Waals surface area contributed by atoms with Crippen molar-refractivity contribution in [1.29, 1.82) is 5.41 Å². The van der Waals surface area contributed by atoms with Gasteiger partial charge in [-0.2, -0.15) is 0 Å². The number of nitrogen functional groups attached to an aromatic ring is 1. The minimum absolute atomic E-state index is 0.00724. The number of rotatable bonds is 8. The molecule has 8 nitrogen and oxygen atoms in total. The van der Waals surface area contributed by atoms with Gasteiger partial charge in [-0.15, -0.1) is 0 Å². The summed E-state index contributed by atoms with van der Waals surface area (Å²) in [7, 11) is 0. The van der Waals surface area contributed by atoms with Gasteiger partial charge in [-0.3, -0.25) is 19.6 Å². The molecule has 29 heavy (non-hydrogen) atoms. The van der Waals surface area contributed by atoms with E-state index in [0.717, 1.165) is 18.4 Å². The second kappa shape index (κ2) is 8.89. The number of benzene rings is 1. The Bertz CT molecular complexity index is 947. The van der Waals surface area contributed by atoms with Gasteiger partial charge in [0.1, 0.15) is 23.4 Å². The van der Waals surface area contributed by atoms with Crippen LogP contribution in [0.2, 0.25) is 0 Å². The zero-order valence-corrected chi connectivity index (χ0v) is 16.9. The molecule has 0 fully saturated rings. The van der Waals surface area contributed by atoms with Crippen molar-refractivity contribution in [3.63, 3.8) is 0 Å². The Kier molecular flexibility index (Phi) is 6.31. The molecule has 154 valence electrons. The molecule has 2 heterocycles. The van der Waals surface area contributed by atoms with Crippen LogP contribution < -0.4 is 21.9 Å². The molecule has 2 aromatic rings. The summed E-state index contributed by atoms with van der Waals surface area (Å²) >= 11 is 0. The number of aromatic nitrogens is 2. The van der Waals surface area contributed by atoms with E-state index in [4.69, 9.17) is 11.1 Å². The van der Waals surface area contributed by atoms with Crippen molar-refractivity contribution in [3.8, 4) is 0 Å². The summed E-state index contributed by atoms with van der Waals surface area (Å²) in [4.78, 5) is 30.2. The molecule has 0 spiro atoms. The Labute approximate surface area is 170 Å². The third kappa shape index (κ3) is 4.47. The molecule has 3 rings (SSSR count). The Balaban J connectivity index is 1.72. The van der Waals surface area contributed by atoms with E-state index in [1.807, 2.05) is 12.1 Å². The van der Waals surface area contributed by atoms with Crippen LogP contribution in [0.1, 0.15) is 56.1 Å². The van der Waals surface area contributed by atoms with Gasteiger partial charge in [0.05, 0.1) is 6.20 Å². The molecule has 8 heteroatoms. The highest BCUT2D eigenvalue weighted by Gasteiger charge is 2.31. The monoisotopic (exact) mass is 396 g/mol. The molecule has 0 radical (unpaired) electrons. The zero-order chi connectivity index (χ0) is 21.0. The topological polar surface area (TPSA) is 126 Å². The van der Waals surface area contributed by atoms with E-state index in [9.17, 15) is 9.59 Å². The summed E-state index contributed by atoms with van der Waals surface area (Å²) in [6, 6.07) is 6.80. The summed E-state index contributed by atoms with van der Waals surface area (Å²) < 4.78 is 1.53. The first-order valence-corrected chi connectivity index (χ1v) is 10.0. The number of fused-ring (bicyclic) bond motifs is 1. The third-order valence-electron chi connectivity index (χ3n) is 5.40. The van der Waals surface area contributed by atoms with Crippen LogP contribution in [0.5, 0.6) is 0 Å². The molecule has 5 N–H and O–H groups in total. The molecule has 0 saturated heterocycles. The first kappa shape index (κ1) is 20.6. The fourth-order valence-corrected chi connectivity index (χ4v) is 3.57. The highest BCUT2D eigenvalue weighted by Crippen LogP contribution is 2.23. The number of nitrogens with one attached hydrogen (secondary N) is 3. The first-order valence-electron chi connectivity index (χ1n) is 10.0. The van der Waals surface area contributed by atoms with Crippen LogP contribution in [0.3, 0.4) is 0 Å². The molecule has 1 aliphatic heterocycles. The number of carbonyl (C=O) groups is 1. The maximum absolute atomic E-state index is 13.0. The standard InChI is InChI=1S/C21H28N6O2/c1-3-15(4-2)26-16-12-24-18-10-9-17(27(18)21(16)29)20(28)25-11-13-5-7-14(8-6-13)19(22)23/h5-8,12,15,17,26H,3-4,9-11H2,1-2H3,(H3,22,23)(H,25,28)/t17-/m0/s1. The number of carbonyl (C=O) groups excluding carboxylic acids is 1. The van der Waals surface area contributed by atoms with Crippen LogP contribution in [0, 0.1) is 5.41 Å². The highest BCUT2D eigenvalue weighted by molar-refractivity contribution is 5.94. The van der Waals surface area contributed by atoms with Gasteiger partial charge in [-0.1, -0.05) is 38.1 Å². The molecule has 0 bridgehead atoms. The molecule has 1 aromatic heterocycles. The second-order valence-electron chi connectivity index (χ2n) is 7.30. The molecule has 1 aliphatic rings. The third-order valence-corrected chi connectivity index (χ3v) is 5.40. The van der Waals surface area contributed by atoms with Gasteiger partial charge < -0.3 is 16.4 Å². The van der Waals surface area contributed by atoms with E-state index in [1.165, 1.54) is 4.57 Å². The average molecular weight is 396 g/mol. The fourth-order valence-electron chi connectivity index (χ4n) is 3.57. The van der Waals surface area contributed by atoms with Gasteiger partial charge in [-0.25, -0.2) is 4.98 Å². The zero-order valence-electron chi connectivity index (χ0n) is 16.9. The van der Waals surface area contributed by atoms with Gasteiger partial charge in [0, 0.05) is 24.6 Å². The normalized spacial score (nSPS) is 15.2. The van der Waals surface area contributed by atoms with Crippen LogP contribution in [-0.2, 0) is 17.8 Å². The minimum Gasteiger partial charge on any atom is -0.384 e. The molecule has 1 amide bonds. The van der Waals surface area contributed by atoms with E-state index in [2.05, 4.69) is 29.5 Å².